The summed E-state index contributed by atoms with van der Waals surface area (Å²) in [5.74, 6) is 0.789. The fourth-order valence-corrected chi connectivity index (χ4v) is 4.20. The highest BCUT2D eigenvalue weighted by Crippen LogP contribution is 2.26. The van der Waals surface area contributed by atoms with Crippen LogP contribution in [0.4, 0.5) is 0 Å². The summed E-state index contributed by atoms with van der Waals surface area (Å²) in [4.78, 5) is 15.3. The number of likely N-dealkylation sites (tertiary alicyclic amines) is 1. The van der Waals surface area contributed by atoms with Crippen LogP contribution in [-0.4, -0.2) is 47.3 Å². The Morgan fingerprint density at radius 3 is 2.35 bits per heavy atom. The standard InChI is InChI=1S/C25H30N4O2/c1-19-14-15-27-29(19)22-10-6-21(7-11-22)25(30)26-18-24(28-16-4-3-5-17-28)20-8-12-23(31-2)13-9-20/h6-15,24H,3-5,16-18H2,1-2H3,(H,26,30)/t24-/m1/s1. The van der Waals surface area contributed by atoms with Crippen LogP contribution >= 0.6 is 0 Å². The topological polar surface area (TPSA) is 59.4 Å². The molecule has 1 saturated heterocycles. The number of nitrogens with zero attached hydrogens (tertiary/aromatic N) is 3. The largest absolute Gasteiger partial charge is 0.497 e. The number of methoxy groups -OCH3 is 1. The van der Waals surface area contributed by atoms with Gasteiger partial charge in [-0.05, 0) is 80.9 Å². The Bertz CT molecular complexity index is 989. The Morgan fingerprint density at radius 2 is 1.74 bits per heavy atom. The predicted molar refractivity (Wildman–Crippen MR) is 122 cm³/mol. The highest BCUT2D eigenvalue weighted by molar-refractivity contribution is 5.94. The van der Waals surface area contributed by atoms with E-state index in [9.17, 15) is 4.79 Å². The van der Waals surface area contributed by atoms with E-state index in [2.05, 4.69) is 27.4 Å². The number of aryl methyl sites for hydroxylation is 1. The summed E-state index contributed by atoms with van der Waals surface area (Å²) < 4.78 is 7.16. The monoisotopic (exact) mass is 418 g/mol. The molecule has 0 saturated carbocycles. The number of hydrogen-bond donors (Lipinski definition) is 1. The van der Waals surface area contributed by atoms with Crippen molar-refractivity contribution in [2.75, 3.05) is 26.7 Å². The Hall–Kier alpha value is -3.12. The van der Waals surface area contributed by atoms with Gasteiger partial charge in [-0.25, -0.2) is 4.68 Å². The maximum absolute atomic E-state index is 12.9. The van der Waals surface area contributed by atoms with E-state index in [0.717, 1.165) is 30.2 Å². The van der Waals surface area contributed by atoms with E-state index in [1.54, 1.807) is 13.3 Å². The maximum atomic E-state index is 12.9. The van der Waals surface area contributed by atoms with Crippen molar-refractivity contribution in [1.82, 2.24) is 20.0 Å². The van der Waals surface area contributed by atoms with E-state index in [0.29, 0.717) is 12.1 Å². The summed E-state index contributed by atoms with van der Waals surface area (Å²) in [5, 5.41) is 7.47. The lowest BCUT2D eigenvalue weighted by atomic mass is 10.0. The number of aromatic nitrogens is 2. The third-order valence-electron chi connectivity index (χ3n) is 5.99. The molecule has 1 amide bonds. The van der Waals surface area contributed by atoms with E-state index in [-0.39, 0.29) is 11.9 Å². The molecule has 2 heterocycles. The number of benzene rings is 2. The van der Waals surface area contributed by atoms with Crippen molar-refractivity contribution < 1.29 is 9.53 Å². The lowest BCUT2D eigenvalue weighted by molar-refractivity contribution is 0.0924. The Balaban J connectivity index is 1.45. The van der Waals surface area contributed by atoms with E-state index < -0.39 is 0 Å². The van der Waals surface area contributed by atoms with Crippen LogP contribution in [0.15, 0.2) is 60.8 Å². The molecule has 1 aromatic heterocycles. The fraction of sp³-hybridized carbons (Fsp3) is 0.360. The average Bonchev–Trinajstić information content (AvgIpc) is 3.26. The third-order valence-corrected chi connectivity index (χ3v) is 5.99. The molecular formula is C25H30N4O2. The first kappa shape index (κ1) is 21.1. The number of amides is 1. The van der Waals surface area contributed by atoms with Gasteiger partial charge in [0.05, 0.1) is 18.8 Å². The van der Waals surface area contributed by atoms with Crippen LogP contribution in [0.25, 0.3) is 5.69 Å². The number of carbonyl (C=O) groups excluding carboxylic acids is 1. The molecule has 0 unspecified atom stereocenters. The Morgan fingerprint density at radius 1 is 1.03 bits per heavy atom. The second-order valence-electron chi connectivity index (χ2n) is 8.03. The first-order valence-electron chi connectivity index (χ1n) is 10.9. The molecule has 1 fully saturated rings. The zero-order valence-electron chi connectivity index (χ0n) is 18.3. The summed E-state index contributed by atoms with van der Waals surface area (Å²) in [5.41, 5.74) is 3.86. The highest BCUT2D eigenvalue weighted by Gasteiger charge is 2.23. The molecule has 6 nitrogen and oxygen atoms in total. The molecule has 0 bridgehead atoms. The molecular weight excluding hydrogens is 388 g/mol. The SMILES string of the molecule is COc1ccc([C@@H](CNC(=O)c2ccc(-n3nccc3C)cc2)N2CCCCC2)cc1. The molecule has 1 aliphatic heterocycles. The summed E-state index contributed by atoms with van der Waals surface area (Å²) in [6, 6.07) is 17.9. The third kappa shape index (κ3) is 4.97. The average molecular weight is 419 g/mol. The van der Waals surface area contributed by atoms with Crippen LogP contribution in [-0.2, 0) is 0 Å². The van der Waals surface area contributed by atoms with Gasteiger partial charge in [0.1, 0.15) is 5.75 Å². The first-order valence-corrected chi connectivity index (χ1v) is 10.9. The number of hydrogen-bond acceptors (Lipinski definition) is 4. The van der Waals surface area contributed by atoms with Gasteiger partial charge in [0.25, 0.3) is 5.91 Å². The number of nitrogens with one attached hydrogen (secondary N) is 1. The lowest BCUT2D eigenvalue weighted by Gasteiger charge is -2.35. The van der Waals surface area contributed by atoms with Gasteiger partial charge in [-0.2, -0.15) is 5.10 Å². The summed E-state index contributed by atoms with van der Waals surface area (Å²) in [6.45, 7) is 4.70. The summed E-state index contributed by atoms with van der Waals surface area (Å²) in [6.07, 6.45) is 5.46. The normalized spacial score (nSPS) is 15.4. The Kier molecular flexibility index (Phi) is 6.67. The van der Waals surface area contributed by atoms with Crippen molar-refractivity contribution in [3.05, 3.63) is 77.6 Å². The molecule has 6 heteroatoms. The molecule has 1 atom stereocenters. The van der Waals surface area contributed by atoms with E-state index in [1.165, 1.54) is 24.8 Å². The van der Waals surface area contributed by atoms with Crippen LogP contribution in [0.3, 0.4) is 0 Å². The number of carbonyl (C=O) groups is 1. The van der Waals surface area contributed by atoms with E-state index in [1.807, 2.05) is 54.1 Å². The molecule has 0 aliphatic carbocycles. The summed E-state index contributed by atoms with van der Waals surface area (Å²) >= 11 is 0. The van der Waals surface area contributed by atoms with Gasteiger partial charge < -0.3 is 10.1 Å². The minimum absolute atomic E-state index is 0.0562. The Labute approximate surface area is 183 Å². The number of ether oxygens (including phenoxy) is 1. The van der Waals surface area contributed by atoms with Crippen LogP contribution in [0.5, 0.6) is 5.75 Å². The van der Waals surface area contributed by atoms with E-state index >= 15 is 0 Å². The zero-order valence-corrected chi connectivity index (χ0v) is 18.3. The van der Waals surface area contributed by atoms with Gasteiger partial charge in [-0.3, -0.25) is 9.69 Å². The molecule has 3 aromatic rings. The number of piperidine rings is 1. The maximum Gasteiger partial charge on any atom is 0.251 e. The van der Waals surface area contributed by atoms with Gasteiger partial charge in [0.15, 0.2) is 0 Å². The van der Waals surface area contributed by atoms with Crippen molar-refractivity contribution in [2.24, 2.45) is 0 Å². The zero-order chi connectivity index (χ0) is 21.6. The second-order valence-corrected chi connectivity index (χ2v) is 8.03. The molecule has 0 spiro atoms. The molecule has 162 valence electrons. The van der Waals surface area contributed by atoms with E-state index in [4.69, 9.17) is 4.74 Å². The summed E-state index contributed by atoms with van der Waals surface area (Å²) in [7, 11) is 1.68. The van der Waals surface area contributed by atoms with Gasteiger partial charge in [0.2, 0.25) is 0 Å². The fourth-order valence-electron chi connectivity index (χ4n) is 4.20. The molecule has 1 aliphatic rings. The van der Waals surface area contributed by atoms with Crippen molar-refractivity contribution in [3.8, 4) is 11.4 Å². The van der Waals surface area contributed by atoms with Gasteiger partial charge >= 0.3 is 0 Å². The van der Waals surface area contributed by atoms with Crippen LogP contribution in [0, 0.1) is 6.92 Å². The van der Waals surface area contributed by atoms with Gasteiger partial charge in [0, 0.05) is 24.0 Å². The predicted octanol–water partition coefficient (Wildman–Crippen LogP) is 4.15. The van der Waals surface area contributed by atoms with Crippen molar-refractivity contribution >= 4 is 5.91 Å². The van der Waals surface area contributed by atoms with Gasteiger partial charge in [-0.1, -0.05) is 18.6 Å². The van der Waals surface area contributed by atoms with Gasteiger partial charge in [-0.15, -0.1) is 0 Å². The highest BCUT2D eigenvalue weighted by atomic mass is 16.5. The molecule has 31 heavy (non-hydrogen) atoms. The van der Waals surface area contributed by atoms with Crippen LogP contribution in [0.2, 0.25) is 0 Å². The minimum Gasteiger partial charge on any atom is -0.497 e. The molecule has 0 radical (unpaired) electrons. The lowest BCUT2D eigenvalue weighted by Crippen LogP contribution is -2.40. The first-order chi connectivity index (χ1) is 15.2. The molecule has 2 aromatic carbocycles. The van der Waals surface area contributed by atoms with Crippen molar-refractivity contribution in [3.63, 3.8) is 0 Å². The van der Waals surface area contributed by atoms with Crippen LogP contribution < -0.4 is 10.1 Å². The van der Waals surface area contributed by atoms with Crippen molar-refractivity contribution in [2.45, 2.75) is 32.2 Å². The molecule has 1 N–H and O–H groups in total. The smallest absolute Gasteiger partial charge is 0.251 e. The number of rotatable bonds is 7. The molecule has 4 rings (SSSR count). The minimum atomic E-state index is -0.0562. The van der Waals surface area contributed by atoms with Crippen LogP contribution in [0.1, 0.15) is 46.9 Å². The quantitative estimate of drug-likeness (QED) is 0.626. The van der Waals surface area contributed by atoms with Crippen molar-refractivity contribution in [1.29, 1.82) is 0 Å². The second kappa shape index (κ2) is 9.79.